The molecule has 1 saturated heterocycles. The second kappa shape index (κ2) is 14.2. The lowest BCUT2D eigenvalue weighted by molar-refractivity contribution is 0.380. The average Bonchev–Trinajstić information content (AvgIpc) is 3.59. The smallest absolute Gasteiger partial charge is 0.256 e. The average molecular weight is 605 g/mol. The van der Waals surface area contributed by atoms with Gasteiger partial charge in [0, 0.05) is 44.0 Å². The van der Waals surface area contributed by atoms with E-state index in [1.54, 1.807) is 37.5 Å². The third-order valence-electron chi connectivity index (χ3n) is 5.79. The second-order valence-electron chi connectivity index (χ2n) is 8.83. The molecule has 0 amide bonds. The molecule has 0 unspecified atom stereocenters. The van der Waals surface area contributed by atoms with Gasteiger partial charge in [0.15, 0.2) is 9.96 Å². The molecule has 12 nitrogen and oxygen atoms in total. The van der Waals surface area contributed by atoms with E-state index in [-0.39, 0.29) is 40.9 Å². The molecule has 3 aromatic heterocycles. The van der Waals surface area contributed by atoms with E-state index in [1.165, 1.54) is 16.1 Å². The third-order valence-corrected chi connectivity index (χ3v) is 9.17. The maximum Gasteiger partial charge on any atom is 0.256 e. The van der Waals surface area contributed by atoms with Crippen LogP contribution in [0.15, 0.2) is 54.2 Å². The highest BCUT2D eigenvalue weighted by Crippen LogP contribution is 2.41. The first-order valence-electron chi connectivity index (χ1n) is 13.4. The molecule has 1 aliphatic rings. The first kappa shape index (κ1) is 31.8. The molecule has 41 heavy (non-hydrogen) atoms. The minimum absolute atomic E-state index is 0.0267. The molecule has 1 fully saturated rings. The van der Waals surface area contributed by atoms with E-state index in [0.717, 1.165) is 11.3 Å². The number of rotatable bonds is 8. The van der Waals surface area contributed by atoms with Crippen LogP contribution < -0.4 is 26.4 Å². The van der Waals surface area contributed by atoms with Gasteiger partial charge in [0.25, 0.3) is 20.9 Å². The minimum atomic E-state index is -3.99. The largest absolute Gasteiger partial charge is 0.504 e. The predicted octanol–water partition coefficient (Wildman–Crippen LogP) is 4.05. The van der Waals surface area contributed by atoms with Gasteiger partial charge in [-0.1, -0.05) is 34.1 Å². The molecular formula is C27H36N6O6S2. The van der Waals surface area contributed by atoms with Crippen molar-refractivity contribution >= 4 is 44.4 Å². The molecule has 0 radical (unpaired) electrons. The topological polar surface area (TPSA) is 158 Å². The third kappa shape index (κ3) is 7.13. The number of aromatic hydroxyl groups is 1. The highest BCUT2D eigenvalue weighted by molar-refractivity contribution is 7.91. The van der Waals surface area contributed by atoms with Gasteiger partial charge in [0.2, 0.25) is 5.95 Å². The number of sulfonamides is 1. The Balaban J connectivity index is 0.000000868. The quantitative estimate of drug-likeness (QED) is 0.249. The molecule has 1 aromatic carbocycles. The van der Waals surface area contributed by atoms with E-state index in [9.17, 15) is 23.1 Å². The maximum atomic E-state index is 13.2. The Hall–Kier alpha value is -3.75. The monoisotopic (exact) mass is 604 g/mol. The number of nitrogens with one attached hydrogen (secondary N) is 2. The van der Waals surface area contributed by atoms with Gasteiger partial charge in [-0.3, -0.25) is 9.59 Å². The van der Waals surface area contributed by atoms with Gasteiger partial charge < -0.3 is 25.1 Å². The van der Waals surface area contributed by atoms with Crippen molar-refractivity contribution in [1.82, 2.24) is 14.3 Å². The summed E-state index contributed by atoms with van der Waals surface area (Å²) in [6.45, 7) is 11.4. The number of furan rings is 1. The Morgan fingerprint density at radius 3 is 2.22 bits per heavy atom. The molecule has 3 N–H and O–H groups in total. The van der Waals surface area contributed by atoms with Crippen molar-refractivity contribution in [1.29, 1.82) is 0 Å². The molecule has 0 bridgehead atoms. The van der Waals surface area contributed by atoms with Crippen LogP contribution in [-0.2, 0) is 16.6 Å². The van der Waals surface area contributed by atoms with Crippen LogP contribution >= 0.6 is 11.3 Å². The van der Waals surface area contributed by atoms with E-state index >= 15 is 0 Å². The molecule has 1 aliphatic heterocycles. The van der Waals surface area contributed by atoms with Crippen LogP contribution in [0.4, 0.5) is 23.0 Å². The Bertz CT molecular complexity index is 1580. The van der Waals surface area contributed by atoms with Crippen LogP contribution in [0, 0.1) is 6.92 Å². The fourth-order valence-electron chi connectivity index (χ4n) is 3.88. The van der Waals surface area contributed by atoms with Crippen LogP contribution in [-0.4, -0.2) is 54.0 Å². The zero-order chi connectivity index (χ0) is 30.2. The van der Waals surface area contributed by atoms with Crippen molar-refractivity contribution in [3.05, 3.63) is 67.9 Å². The Labute approximate surface area is 243 Å². The summed E-state index contributed by atoms with van der Waals surface area (Å²) in [5, 5.41) is 17.7. The van der Waals surface area contributed by atoms with Gasteiger partial charge in [-0.05, 0) is 25.1 Å². The van der Waals surface area contributed by atoms with Crippen LogP contribution in [0.25, 0.3) is 0 Å². The molecule has 5 rings (SSSR count). The Morgan fingerprint density at radius 1 is 1.02 bits per heavy atom. The van der Waals surface area contributed by atoms with Crippen molar-refractivity contribution in [3.8, 4) is 5.75 Å². The summed E-state index contributed by atoms with van der Waals surface area (Å²) in [6.07, 6.45) is 4.50. The number of piperazine rings is 1. The lowest BCUT2D eigenvalue weighted by atomic mass is 10.2. The number of thiophene rings is 1. The van der Waals surface area contributed by atoms with Crippen molar-refractivity contribution in [2.24, 2.45) is 0 Å². The fourth-order valence-corrected chi connectivity index (χ4v) is 6.67. The van der Waals surface area contributed by atoms with Gasteiger partial charge >= 0.3 is 0 Å². The van der Waals surface area contributed by atoms with Crippen LogP contribution in [0.5, 0.6) is 5.75 Å². The summed E-state index contributed by atoms with van der Waals surface area (Å²) in [5.41, 5.74) is -1.44. The minimum Gasteiger partial charge on any atom is -0.504 e. The Morgan fingerprint density at radius 2 is 1.63 bits per heavy atom. The van der Waals surface area contributed by atoms with Crippen molar-refractivity contribution in [2.45, 2.75) is 51.8 Å². The van der Waals surface area contributed by atoms with Crippen molar-refractivity contribution < 1.29 is 17.9 Å². The first-order chi connectivity index (χ1) is 19.7. The molecule has 14 heteroatoms. The lowest BCUT2D eigenvalue weighted by Crippen LogP contribution is -2.49. The molecule has 0 atom stereocenters. The maximum absolute atomic E-state index is 13.2. The molecule has 0 spiro atoms. The zero-order valence-electron chi connectivity index (χ0n) is 23.8. The van der Waals surface area contributed by atoms with Crippen LogP contribution in [0.3, 0.4) is 0 Å². The fraction of sp³-hybridized carbons (Fsp3) is 0.407. The van der Waals surface area contributed by atoms with E-state index in [0.29, 0.717) is 30.6 Å². The number of hydrogen-bond donors (Lipinski definition) is 3. The summed E-state index contributed by atoms with van der Waals surface area (Å²) >= 11 is 0.832. The highest BCUT2D eigenvalue weighted by atomic mass is 32.2. The molecule has 4 heterocycles. The zero-order valence-corrected chi connectivity index (χ0v) is 25.4. The van der Waals surface area contributed by atoms with E-state index in [4.69, 9.17) is 4.42 Å². The lowest BCUT2D eigenvalue weighted by Gasteiger charge is -2.33. The molecule has 222 valence electrons. The molecular weight excluding hydrogens is 568 g/mol. The Kier molecular flexibility index (Phi) is 11.0. The molecule has 0 saturated carbocycles. The first-order valence-corrected chi connectivity index (χ1v) is 15.7. The number of hydrogen-bond acceptors (Lipinski definition) is 12. The van der Waals surface area contributed by atoms with Gasteiger partial charge in [-0.25, -0.2) is 18.4 Å². The van der Waals surface area contributed by atoms with Crippen LogP contribution in [0.1, 0.15) is 45.6 Å². The highest BCUT2D eigenvalue weighted by Gasteiger charge is 2.34. The van der Waals surface area contributed by atoms with E-state index < -0.39 is 26.6 Å². The van der Waals surface area contributed by atoms with Gasteiger partial charge in [-0.15, -0.1) is 11.3 Å². The summed E-state index contributed by atoms with van der Waals surface area (Å²) in [4.78, 5) is 34.5. The van der Waals surface area contributed by atoms with Gasteiger partial charge in [0.05, 0.1) is 12.2 Å². The number of aromatic nitrogens is 2. The normalized spacial score (nSPS) is 13.6. The molecule has 4 aromatic rings. The standard InChI is InChI=1S/C22H22N6O6S2.C3H8.C2H6/c1-13-3-4-14(34-13)11-25-16-17(20(31)19(16)30)26-15-12-35-21(18(15)29)36(32,33)28-9-7-27(8-10-28)22-23-5-2-6-24-22;1-3-2;1-2/h2-6,12,25-26,29H,7-11H2,1H3;3H2,1-2H3;1-2H3. The molecule has 0 aliphatic carbocycles. The second-order valence-corrected chi connectivity index (χ2v) is 11.8. The number of anilines is 4. The number of aryl methyl sites for hydroxylation is 1. The van der Waals surface area contributed by atoms with Gasteiger partial charge in [-0.2, -0.15) is 4.31 Å². The van der Waals surface area contributed by atoms with Crippen molar-refractivity contribution in [2.75, 3.05) is 41.7 Å². The summed E-state index contributed by atoms with van der Waals surface area (Å²) in [5.74, 6) is 1.31. The number of nitrogens with zero attached hydrogens (tertiary/aromatic N) is 4. The summed E-state index contributed by atoms with van der Waals surface area (Å²) in [6, 6.07) is 5.23. The van der Waals surface area contributed by atoms with E-state index in [2.05, 4.69) is 34.4 Å². The van der Waals surface area contributed by atoms with Crippen LogP contribution in [0.2, 0.25) is 0 Å². The summed E-state index contributed by atoms with van der Waals surface area (Å²) in [7, 11) is -3.99. The van der Waals surface area contributed by atoms with E-state index in [1.807, 2.05) is 18.7 Å². The SMILES string of the molecule is CC.CCC.Cc1ccc(CNc2c(Nc3csc(S(=O)(=O)N4CCN(c5ncccn5)CC4)c3O)c(=O)c2=O)o1. The predicted molar refractivity (Wildman–Crippen MR) is 162 cm³/mol. The van der Waals surface area contributed by atoms with Crippen molar-refractivity contribution in [3.63, 3.8) is 0 Å². The summed E-state index contributed by atoms with van der Waals surface area (Å²) < 4.78 is 32.9. The van der Waals surface area contributed by atoms with Gasteiger partial charge in [0.1, 0.15) is 22.9 Å².